The zero-order valence-electron chi connectivity index (χ0n) is 13.2. The van der Waals surface area contributed by atoms with Gasteiger partial charge in [0.15, 0.2) is 0 Å². The van der Waals surface area contributed by atoms with Crippen LogP contribution in [0.4, 0.5) is 5.82 Å². The number of ether oxygens (including phenoxy) is 1. The van der Waals surface area contributed by atoms with Gasteiger partial charge in [-0.05, 0) is 32.4 Å². The van der Waals surface area contributed by atoms with Crippen molar-refractivity contribution in [2.45, 2.75) is 39.7 Å². The first-order valence-corrected chi connectivity index (χ1v) is 7.44. The van der Waals surface area contributed by atoms with E-state index < -0.39 is 0 Å². The second kappa shape index (κ2) is 7.07. The van der Waals surface area contributed by atoms with Crippen molar-refractivity contribution in [3.8, 4) is 17.0 Å². The Bertz CT molecular complexity index is 596. The fourth-order valence-electron chi connectivity index (χ4n) is 2.35. The lowest BCUT2D eigenvalue weighted by Gasteiger charge is -2.14. The Morgan fingerprint density at radius 3 is 2.71 bits per heavy atom. The minimum Gasteiger partial charge on any atom is -0.491 e. The molecule has 2 aromatic rings. The van der Waals surface area contributed by atoms with Gasteiger partial charge in [-0.15, -0.1) is 0 Å². The van der Waals surface area contributed by atoms with Gasteiger partial charge >= 0.3 is 0 Å². The fraction of sp³-hybridized carbons (Fsp3) is 0.412. The molecular weight excluding hydrogens is 262 g/mol. The van der Waals surface area contributed by atoms with Crippen LogP contribution in [0.5, 0.6) is 5.75 Å². The summed E-state index contributed by atoms with van der Waals surface area (Å²) in [6.07, 6.45) is 3.77. The molecule has 0 unspecified atom stereocenters. The summed E-state index contributed by atoms with van der Waals surface area (Å²) in [6, 6.07) is 8.09. The highest BCUT2D eigenvalue weighted by Gasteiger charge is 2.12. The van der Waals surface area contributed by atoms with E-state index in [2.05, 4.69) is 28.3 Å². The summed E-state index contributed by atoms with van der Waals surface area (Å²) in [5, 5.41) is 3.16. The van der Waals surface area contributed by atoms with Gasteiger partial charge in [0.25, 0.3) is 0 Å². The number of anilines is 1. The minimum absolute atomic E-state index is 0.161. The quantitative estimate of drug-likeness (QED) is 0.873. The molecule has 0 spiro atoms. The van der Waals surface area contributed by atoms with E-state index in [9.17, 15) is 0 Å². The minimum atomic E-state index is 0.161. The van der Waals surface area contributed by atoms with E-state index in [1.807, 2.05) is 39.1 Å². The van der Waals surface area contributed by atoms with Gasteiger partial charge in [0.2, 0.25) is 0 Å². The van der Waals surface area contributed by atoms with E-state index in [4.69, 9.17) is 4.74 Å². The van der Waals surface area contributed by atoms with Crippen LogP contribution in [-0.4, -0.2) is 23.1 Å². The summed E-state index contributed by atoms with van der Waals surface area (Å²) in [5.41, 5.74) is 3.20. The third-order valence-electron chi connectivity index (χ3n) is 3.16. The van der Waals surface area contributed by atoms with Crippen molar-refractivity contribution in [1.29, 1.82) is 0 Å². The van der Waals surface area contributed by atoms with E-state index in [1.165, 1.54) is 0 Å². The van der Waals surface area contributed by atoms with E-state index in [-0.39, 0.29) is 6.10 Å². The molecule has 4 nitrogen and oxygen atoms in total. The maximum Gasteiger partial charge on any atom is 0.132 e. The van der Waals surface area contributed by atoms with Crippen LogP contribution in [0.25, 0.3) is 11.3 Å². The molecule has 21 heavy (non-hydrogen) atoms. The van der Waals surface area contributed by atoms with Crippen molar-refractivity contribution in [2.75, 3.05) is 12.4 Å². The lowest BCUT2D eigenvalue weighted by Crippen LogP contribution is -2.06. The molecule has 0 saturated heterocycles. The lowest BCUT2D eigenvalue weighted by atomic mass is 10.0. The second-order valence-corrected chi connectivity index (χ2v) is 5.24. The molecule has 4 heteroatoms. The smallest absolute Gasteiger partial charge is 0.132 e. The highest BCUT2D eigenvalue weighted by Crippen LogP contribution is 2.29. The maximum atomic E-state index is 5.77. The van der Waals surface area contributed by atoms with E-state index in [0.29, 0.717) is 0 Å². The standard InChI is InChI=1S/C17H23N3O/c1-5-7-15-16(19-11-20-17(15)18-4)13-8-6-9-14(10-13)21-12(2)3/h6,8-12H,5,7H2,1-4H3,(H,18,19,20). The van der Waals surface area contributed by atoms with Crippen molar-refractivity contribution in [1.82, 2.24) is 9.97 Å². The van der Waals surface area contributed by atoms with Crippen molar-refractivity contribution < 1.29 is 4.74 Å². The molecule has 0 aliphatic rings. The zero-order chi connectivity index (χ0) is 15.2. The summed E-state index contributed by atoms with van der Waals surface area (Å²) in [4.78, 5) is 8.81. The summed E-state index contributed by atoms with van der Waals surface area (Å²) >= 11 is 0. The molecule has 0 amide bonds. The van der Waals surface area contributed by atoms with Gasteiger partial charge in [-0.1, -0.05) is 25.5 Å². The number of hydrogen-bond acceptors (Lipinski definition) is 4. The number of nitrogens with one attached hydrogen (secondary N) is 1. The van der Waals surface area contributed by atoms with Crippen LogP contribution in [0.3, 0.4) is 0 Å². The maximum absolute atomic E-state index is 5.77. The van der Waals surface area contributed by atoms with Crippen LogP contribution in [-0.2, 0) is 6.42 Å². The predicted octanol–water partition coefficient (Wildman–Crippen LogP) is 3.93. The van der Waals surface area contributed by atoms with Gasteiger partial charge in [-0.2, -0.15) is 0 Å². The molecule has 112 valence electrons. The molecule has 0 aliphatic carbocycles. The first kappa shape index (κ1) is 15.3. The molecule has 2 rings (SSSR count). The number of rotatable bonds is 6. The van der Waals surface area contributed by atoms with E-state index in [1.54, 1.807) is 6.33 Å². The lowest BCUT2D eigenvalue weighted by molar-refractivity contribution is 0.242. The zero-order valence-corrected chi connectivity index (χ0v) is 13.2. The van der Waals surface area contributed by atoms with Crippen LogP contribution in [0.15, 0.2) is 30.6 Å². The van der Waals surface area contributed by atoms with Gasteiger partial charge in [-0.25, -0.2) is 9.97 Å². The fourth-order valence-corrected chi connectivity index (χ4v) is 2.35. The van der Waals surface area contributed by atoms with E-state index in [0.717, 1.165) is 41.2 Å². The van der Waals surface area contributed by atoms with Crippen LogP contribution in [0.1, 0.15) is 32.8 Å². The molecule has 0 bridgehead atoms. The number of benzene rings is 1. The molecule has 0 fully saturated rings. The van der Waals surface area contributed by atoms with Gasteiger partial charge in [0.1, 0.15) is 17.9 Å². The first-order chi connectivity index (χ1) is 10.2. The first-order valence-electron chi connectivity index (χ1n) is 7.44. The summed E-state index contributed by atoms with van der Waals surface area (Å²) in [6.45, 7) is 6.21. The van der Waals surface area contributed by atoms with Crippen molar-refractivity contribution >= 4 is 5.82 Å². The summed E-state index contributed by atoms with van der Waals surface area (Å²) in [5.74, 6) is 1.77. The van der Waals surface area contributed by atoms with Gasteiger partial charge < -0.3 is 10.1 Å². The van der Waals surface area contributed by atoms with Crippen molar-refractivity contribution in [2.24, 2.45) is 0 Å². The average Bonchev–Trinajstić information content (AvgIpc) is 2.47. The van der Waals surface area contributed by atoms with Gasteiger partial charge in [0, 0.05) is 18.2 Å². The molecule has 0 radical (unpaired) electrons. The number of hydrogen-bond donors (Lipinski definition) is 1. The third-order valence-corrected chi connectivity index (χ3v) is 3.16. The molecule has 1 N–H and O–H groups in total. The topological polar surface area (TPSA) is 47.0 Å². The molecule has 0 aliphatic heterocycles. The monoisotopic (exact) mass is 285 g/mol. The van der Waals surface area contributed by atoms with Crippen LogP contribution in [0.2, 0.25) is 0 Å². The Morgan fingerprint density at radius 1 is 1.24 bits per heavy atom. The van der Waals surface area contributed by atoms with Crippen LogP contribution < -0.4 is 10.1 Å². The Hall–Kier alpha value is -2.10. The number of aromatic nitrogens is 2. The Balaban J connectivity index is 2.45. The summed E-state index contributed by atoms with van der Waals surface area (Å²) in [7, 11) is 1.89. The highest BCUT2D eigenvalue weighted by atomic mass is 16.5. The van der Waals surface area contributed by atoms with Gasteiger partial charge in [-0.3, -0.25) is 0 Å². The molecule has 0 atom stereocenters. The second-order valence-electron chi connectivity index (χ2n) is 5.24. The number of nitrogens with zero attached hydrogens (tertiary/aromatic N) is 2. The molecule has 1 aromatic carbocycles. The van der Waals surface area contributed by atoms with E-state index >= 15 is 0 Å². The molecule has 0 saturated carbocycles. The average molecular weight is 285 g/mol. The molecule has 1 aromatic heterocycles. The highest BCUT2D eigenvalue weighted by molar-refractivity contribution is 5.69. The Kier molecular flexibility index (Phi) is 5.14. The Labute approximate surface area is 126 Å². The van der Waals surface area contributed by atoms with Crippen LogP contribution in [0, 0.1) is 0 Å². The van der Waals surface area contributed by atoms with Crippen molar-refractivity contribution in [3.05, 3.63) is 36.2 Å². The third kappa shape index (κ3) is 3.72. The molecule has 1 heterocycles. The summed E-state index contributed by atoms with van der Waals surface area (Å²) < 4.78 is 5.77. The van der Waals surface area contributed by atoms with Crippen molar-refractivity contribution in [3.63, 3.8) is 0 Å². The van der Waals surface area contributed by atoms with Crippen LogP contribution >= 0.6 is 0 Å². The van der Waals surface area contributed by atoms with Gasteiger partial charge in [0.05, 0.1) is 11.8 Å². The predicted molar refractivity (Wildman–Crippen MR) is 86.8 cm³/mol. The Morgan fingerprint density at radius 2 is 2.05 bits per heavy atom. The normalized spacial score (nSPS) is 10.7. The SMILES string of the molecule is CCCc1c(NC)ncnc1-c1cccc(OC(C)C)c1. The largest absolute Gasteiger partial charge is 0.491 e. The molecular formula is C17H23N3O.